The highest BCUT2D eigenvalue weighted by Gasteiger charge is 2.29. The zero-order valence-corrected chi connectivity index (χ0v) is 17.6. The summed E-state index contributed by atoms with van der Waals surface area (Å²) in [6, 6.07) is 7.97. The van der Waals surface area contributed by atoms with Crippen LogP contribution in [0.2, 0.25) is 0 Å². The van der Waals surface area contributed by atoms with Crippen molar-refractivity contribution in [1.82, 2.24) is 5.06 Å². The first-order chi connectivity index (χ1) is 13.4. The van der Waals surface area contributed by atoms with Crippen LogP contribution < -0.4 is 9.47 Å². The Bertz CT molecular complexity index is 634. The van der Waals surface area contributed by atoms with Gasteiger partial charge >= 0.3 is 5.97 Å². The maximum absolute atomic E-state index is 12.1. The lowest BCUT2D eigenvalue weighted by molar-refractivity contribution is -0.208. The van der Waals surface area contributed by atoms with Crippen molar-refractivity contribution in [2.24, 2.45) is 11.3 Å². The largest absolute Gasteiger partial charge is 0.489 e. The van der Waals surface area contributed by atoms with Crippen LogP contribution in [0.25, 0.3) is 0 Å². The van der Waals surface area contributed by atoms with E-state index in [-0.39, 0.29) is 5.97 Å². The number of carbonyl (C=O) groups excluding carboxylic acids is 1. The van der Waals surface area contributed by atoms with Gasteiger partial charge in [-0.3, -0.25) is 0 Å². The summed E-state index contributed by atoms with van der Waals surface area (Å²) in [5.41, 5.74) is -0.487. The molecule has 1 saturated carbocycles. The smallest absolute Gasteiger partial charge is 0.330 e. The lowest BCUT2D eigenvalue weighted by Gasteiger charge is -2.32. The Morgan fingerprint density at radius 2 is 1.75 bits per heavy atom. The predicted octanol–water partition coefficient (Wildman–Crippen LogP) is 4.99. The Hall–Kier alpha value is -1.75. The fraction of sp³-hybridized carbons (Fsp3) is 0.696. The van der Waals surface area contributed by atoms with Gasteiger partial charge in [-0.25, -0.2) is 4.79 Å². The molecule has 1 aliphatic carbocycles. The molecule has 5 nitrogen and oxygen atoms in total. The molecule has 0 unspecified atom stereocenters. The molecule has 0 bridgehead atoms. The minimum Gasteiger partial charge on any atom is -0.489 e. The van der Waals surface area contributed by atoms with Crippen molar-refractivity contribution in [1.29, 1.82) is 0 Å². The molecular formula is C23H35NO4. The van der Waals surface area contributed by atoms with Crippen LogP contribution in [0, 0.1) is 11.3 Å². The van der Waals surface area contributed by atoms with Gasteiger partial charge in [0.05, 0.1) is 18.1 Å². The maximum Gasteiger partial charge on any atom is 0.330 e. The lowest BCUT2D eigenvalue weighted by atomic mass is 9.97. The molecule has 0 aromatic heterocycles. The summed E-state index contributed by atoms with van der Waals surface area (Å²) in [7, 11) is 0. The molecule has 1 aliphatic heterocycles. The molecule has 1 aromatic rings. The van der Waals surface area contributed by atoms with Crippen molar-refractivity contribution in [3.8, 4) is 11.5 Å². The summed E-state index contributed by atoms with van der Waals surface area (Å²) in [5.74, 6) is 1.82. The Balaban J connectivity index is 1.51. The van der Waals surface area contributed by atoms with E-state index >= 15 is 0 Å². The minimum absolute atomic E-state index is 0.180. The number of ether oxygens (including phenoxy) is 2. The fourth-order valence-corrected chi connectivity index (χ4v) is 3.74. The van der Waals surface area contributed by atoms with Crippen LogP contribution in [-0.4, -0.2) is 36.8 Å². The van der Waals surface area contributed by atoms with E-state index in [0.717, 1.165) is 43.7 Å². The van der Waals surface area contributed by atoms with Crippen LogP contribution >= 0.6 is 0 Å². The van der Waals surface area contributed by atoms with Crippen LogP contribution in [0.15, 0.2) is 24.3 Å². The minimum atomic E-state index is -0.487. The first kappa shape index (κ1) is 21.0. The van der Waals surface area contributed by atoms with Gasteiger partial charge < -0.3 is 14.3 Å². The van der Waals surface area contributed by atoms with Crippen molar-refractivity contribution < 1.29 is 19.1 Å². The van der Waals surface area contributed by atoms with Gasteiger partial charge in [0.2, 0.25) is 0 Å². The van der Waals surface area contributed by atoms with E-state index in [1.807, 2.05) is 45.0 Å². The number of hydroxylamine groups is 2. The van der Waals surface area contributed by atoms with E-state index in [1.54, 1.807) is 5.06 Å². The van der Waals surface area contributed by atoms with Gasteiger partial charge in [-0.2, -0.15) is 0 Å². The summed E-state index contributed by atoms with van der Waals surface area (Å²) in [6.07, 6.45) is 8.46. The average Bonchev–Trinajstić information content (AvgIpc) is 2.68. The Morgan fingerprint density at radius 1 is 1.04 bits per heavy atom. The molecule has 1 aromatic carbocycles. The van der Waals surface area contributed by atoms with Gasteiger partial charge in [0.25, 0.3) is 0 Å². The second-order valence-corrected chi connectivity index (χ2v) is 9.16. The van der Waals surface area contributed by atoms with Gasteiger partial charge in [-0.1, -0.05) is 18.6 Å². The Morgan fingerprint density at radius 3 is 2.46 bits per heavy atom. The molecular weight excluding hydrogens is 354 g/mol. The van der Waals surface area contributed by atoms with E-state index < -0.39 is 5.41 Å². The quantitative estimate of drug-likeness (QED) is 0.686. The fourth-order valence-electron chi connectivity index (χ4n) is 3.74. The summed E-state index contributed by atoms with van der Waals surface area (Å²) in [4.78, 5) is 17.7. The molecule has 5 heteroatoms. The average molecular weight is 390 g/mol. The summed E-state index contributed by atoms with van der Waals surface area (Å²) in [5, 5.41) is 1.80. The number of nitrogens with zero attached hydrogens (tertiary/aromatic N) is 1. The second-order valence-electron chi connectivity index (χ2n) is 9.16. The molecule has 1 saturated heterocycles. The van der Waals surface area contributed by atoms with Crippen molar-refractivity contribution in [3.63, 3.8) is 0 Å². The summed E-state index contributed by atoms with van der Waals surface area (Å²) in [6.45, 7) is 7.75. The zero-order valence-electron chi connectivity index (χ0n) is 17.6. The molecule has 2 aliphatic rings. The molecule has 0 N–H and O–H groups in total. The molecule has 1 heterocycles. The Labute approximate surface area is 169 Å². The van der Waals surface area contributed by atoms with Crippen LogP contribution in [0.5, 0.6) is 11.5 Å². The third-order valence-electron chi connectivity index (χ3n) is 5.48. The maximum atomic E-state index is 12.1. The van der Waals surface area contributed by atoms with E-state index in [9.17, 15) is 4.79 Å². The number of para-hydroxylation sites is 2. The van der Waals surface area contributed by atoms with Crippen LogP contribution in [0.1, 0.15) is 65.7 Å². The normalized spacial score (nSPS) is 21.9. The van der Waals surface area contributed by atoms with E-state index in [0.29, 0.717) is 25.2 Å². The van der Waals surface area contributed by atoms with E-state index in [1.165, 1.54) is 19.3 Å². The molecule has 1 atom stereocenters. The van der Waals surface area contributed by atoms with Crippen molar-refractivity contribution >= 4 is 5.97 Å². The summed E-state index contributed by atoms with van der Waals surface area (Å²) < 4.78 is 12.4. The van der Waals surface area contributed by atoms with Crippen LogP contribution in [0.4, 0.5) is 0 Å². The second kappa shape index (κ2) is 9.64. The molecule has 156 valence electrons. The molecule has 0 amide bonds. The molecule has 2 fully saturated rings. The molecule has 0 radical (unpaired) electrons. The summed E-state index contributed by atoms with van der Waals surface area (Å²) >= 11 is 0. The first-order valence-corrected chi connectivity index (χ1v) is 10.8. The monoisotopic (exact) mass is 389 g/mol. The van der Waals surface area contributed by atoms with Gasteiger partial charge in [0.1, 0.15) is 0 Å². The van der Waals surface area contributed by atoms with Gasteiger partial charge in [-0.05, 0) is 71.4 Å². The molecule has 0 spiro atoms. The van der Waals surface area contributed by atoms with Crippen molar-refractivity contribution in [3.05, 3.63) is 24.3 Å². The van der Waals surface area contributed by atoms with Gasteiger partial charge in [-0.15, -0.1) is 5.06 Å². The Kier molecular flexibility index (Phi) is 7.22. The van der Waals surface area contributed by atoms with Gasteiger partial charge in [0, 0.05) is 19.0 Å². The topological polar surface area (TPSA) is 48.0 Å². The highest BCUT2D eigenvalue weighted by molar-refractivity contribution is 5.75. The van der Waals surface area contributed by atoms with Crippen molar-refractivity contribution in [2.75, 3.05) is 19.7 Å². The lowest BCUT2D eigenvalue weighted by Crippen LogP contribution is -2.41. The van der Waals surface area contributed by atoms with Gasteiger partial charge in [0.15, 0.2) is 11.5 Å². The molecule has 3 rings (SSSR count). The highest BCUT2D eigenvalue weighted by Crippen LogP contribution is 2.32. The number of rotatable bonds is 6. The third-order valence-corrected chi connectivity index (χ3v) is 5.48. The number of hydrogen-bond donors (Lipinski definition) is 0. The molecule has 28 heavy (non-hydrogen) atoms. The third kappa shape index (κ3) is 6.13. The highest BCUT2D eigenvalue weighted by atomic mass is 16.7. The van der Waals surface area contributed by atoms with Crippen LogP contribution in [0.3, 0.4) is 0 Å². The van der Waals surface area contributed by atoms with E-state index in [4.69, 9.17) is 14.3 Å². The van der Waals surface area contributed by atoms with Crippen LogP contribution in [-0.2, 0) is 9.63 Å². The number of piperidine rings is 1. The number of carbonyl (C=O) groups is 1. The predicted molar refractivity (Wildman–Crippen MR) is 109 cm³/mol. The zero-order chi connectivity index (χ0) is 20.0. The number of hydrogen-bond acceptors (Lipinski definition) is 5. The first-order valence-electron chi connectivity index (χ1n) is 10.8. The standard InChI is InChI=1S/C23H35NO4/c1-23(2,3)22(25)28-24-15-9-10-18(16-24)17-26-20-13-7-8-14-21(20)27-19-11-5-4-6-12-19/h7-8,13-14,18-19H,4-6,9-12,15-17H2,1-3H3/t18-/m0/s1. The van der Waals surface area contributed by atoms with E-state index in [2.05, 4.69) is 0 Å². The van der Waals surface area contributed by atoms with Crippen molar-refractivity contribution in [2.45, 2.75) is 71.8 Å². The number of benzene rings is 1. The SMILES string of the molecule is CC(C)(C)C(=O)ON1CCC[C@H](COc2ccccc2OC2CCCCC2)C1.